The summed E-state index contributed by atoms with van der Waals surface area (Å²) in [4.78, 5) is 28.6. The van der Waals surface area contributed by atoms with Crippen LogP contribution in [0.4, 0.5) is 5.69 Å². The lowest BCUT2D eigenvalue weighted by atomic mass is 10.1. The smallest absolute Gasteiger partial charge is 0.264 e. The molecule has 0 aliphatic heterocycles. The molecular weight excluding hydrogens is 554 g/mol. The lowest BCUT2D eigenvalue weighted by Gasteiger charge is -2.32. The van der Waals surface area contributed by atoms with E-state index in [0.29, 0.717) is 17.9 Å². The van der Waals surface area contributed by atoms with Crippen molar-refractivity contribution in [2.24, 2.45) is 0 Å². The molecule has 0 fully saturated rings. The van der Waals surface area contributed by atoms with Crippen LogP contribution in [0, 0.1) is 6.92 Å². The number of methoxy groups -OCH3 is 2. The minimum absolute atomic E-state index is 0.0630. The number of nitrogens with zero attached hydrogens (tertiary/aromatic N) is 2. The summed E-state index contributed by atoms with van der Waals surface area (Å²) in [7, 11) is -1.35. The molecule has 3 aromatic carbocycles. The van der Waals surface area contributed by atoms with E-state index in [4.69, 9.17) is 9.47 Å². The van der Waals surface area contributed by atoms with Gasteiger partial charge in [0, 0.05) is 18.7 Å². The summed E-state index contributed by atoms with van der Waals surface area (Å²) in [5.41, 5.74) is 2.26. The van der Waals surface area contributed by atoms with Gasteiger partial charge in [0.1, 0.15) is 12.6 Å². The van der Waals surface area contributed by atoms with E-state index in [1.165, 1.54) is 37.3 Å². The van der Waals surface area contributed by atoms with Gasteiger partial charge in [-0.1, -0.05) is 55.0 Å². The van der Waals surface area contributed by atoms with Crippen molar-refractivity contribution in [1.82, 2.24) is 10.2 Å². The zero-order valence-corrected chi connectivity index (χ0v) is 26.0. The maximum atomic E-state index is 14.1. The van der Waals surface area contributed by atoms with Gasteiger partial charge in [0.25, 0.3) is 10.0 Å². The average molecular weight is 596 g/mol. The van der Waals surface area contributed by atoms with Crippen molar-refractivity contribution in [2.75, 3.05) is 31.6 Å². The van der Waals surface area contributed by atoms with Crippen LogP contribution in [0.2, 0.25) is 0 Å². The number of hydrogen-bond acceptors (Lipinski definition) is 6. The molecule has 42 heavy (non-hydrogen) atoms. The molecule has 10 heteroatoms. The highest BCUT2D eigenvalue weighted by Gasteiger charge is 2.33. The standard InChI is InChI=1S/C32H41N3O6S/c1-7-24(3)33-32(37)25(4)34(20-19-26-11-9-8-10-12-26)31(36)22-35(27-15-13-23(2)14-16-27)42(38,39)28-17-18-29(40-5)30(21-28)41-6/h8-18,21,24-25H,7,19-20,22H2,1-6H3,(H,33,37)/t24-,25+/m0/s1. The predicted molar refractivity (Wildman–Crippen MR) is 164 cm³/mol. The van der Waals surface area contributed by atoms with Crippen LogP contribution in [0.1, 0.15) is 38.3 Å². The van der Waals surface area contributed by atoms with E-state index in [1.54, 1.807) is 31.2 Å². The van der Waals surface area contributed by atoms with Crippen LogP contribution in [-0.4, -0.2) is 64.5 Å². The first-order chi connectivity index (χ1) is 20.0. The van der Waals surface area contributed by atoms with Gasteiger partial charge in [-0.15, -0.1) is 0 Å². The fourth-order valence-corrected chi connectivity index (χ4v) is 5.81. The van der Waals surface area contributed by atoms with Crippen molar-refractivity contribution in [3.63, 3.8) is 0 Å². The Labute approximate surface area is 249 Å². The minimum Gasteiger partial charge on any atom is -0.493 e. The zero-order valence-electron chi connectivity index (χ0n) is 25.2. The Balaban J connectivity index is 2.01. The molecule has 226 valence electrons. The van der Waals surface area contributed by atoms with E-state index in [-0.39, 0.29) is 29.1 Å². The summed E-state index contributed by atoms with van der Waals surface area (Å²) in [5, 5.41) is 2.94. The molecule has 1 N–H and O–H groups in total. The molecule has 0 aromatic heterocycles. The monoisotopic (exact) mass is 595 g/mol. The normalized spacial score (nSPS) is 12.6. The first kappa shape index (κ1) is 32.5. The average Bonchev–Trinajstić information content (AvgIpc) is 3.00. The van der Waals surface area contributed by atoms with Crippen molar-refractivity contribution in [1.29, 1.82) is 0 Å². The van der Waals surface area contributed by atoms with E-state index < -0.39 is 28.5 Å². The van der Waals surface area contributed by atoms with E-state index in [0.717, 1.165) is 21.9 Å². The molecule has 0 radical (unpaired) electrons. The second kappa shape index (κ2) is 14.7. The van der Waals surface area contributed by atoms with Crippen LogP contribution in [0.25, 0.3) is 0 Å². The van der Waals surface area contributed by atoms with Gasteiger partial charge in [-0.05, 0) is 63.4 Å². The fraction of sp³-hybridized carbons (Fsp3) is 0.375. The Morgan fingerprint density at radius 3 is 2.14 bits per heavy atom. The Hall–Kier alpha value is -4.05. The third-order valence-electron chi connectivity index (χ3n) is 7.20. The first-order valence-electron chi connectivity index (χ1n) is 14.0. The Bertz CT molecular complexity index is 1440. The van der Waals surface area contributed by atoms with Crippen molar-refractivity contribution in [3.8, 4) is 11.5 Å². The van der Waals surface area contributed by atoms with Gasteiger partial charge in [-0.2, -0.15) is 0 Å². The number of carbonyl (C=O) groups excluding carboxylic acids is 2. The highest BCUT2D eigenvalue weighted by molar-refractivity contribution is 7.92. The predicted octanol–water partition coefficient (Wildman–Crippen LogP) is 4.58. The Kier molecular flexibility index (Phi) is 11.4. The molecule has 0 saturated heterocycles. The van der Waals surface area contributed by atoms with Crippen molar-refractivity contribution < 1.29 is 27.5 Å². The molecule has 0 saturated carbocycles. The summed E-state index contributed by atoms with van der Waals surface area (Å²) >= 11 is 0. The number of sulfonamides is 1. The number of benzene rings is 3. The highest BCUT2D eigenvalue weighted by atomic mass is 32.2. The van der Waals surface area contributed by atoms with Crippen molar-refractivity contribution >= 4 is 27.5 Å². The molecule has 0 unspecified atom stereocenters. The summed E-state index contributed by atoms with van der Waals surface area (Å²) in [6.07, 6.45) is 1.24. The molecule has 0 heterocycles. The second-order valence-electron chi connectivity index (χ2n) is 10.2. The van der Waals surface area contributed by atoms with E-state index >= 15 is 0 Å². The first-order valence-corrected chi connectivity index (χ1v) is 15.4. The van der Waals surface area contributed by atoms with Crippen LogP contribution in [0.5, 0.6) is 11.5 Å². The molecule has 0 spiro atoms. The number of anilines is 1. The number of hydrogen-bond donors (Lipinski definition) is 1. The highest BCUT2D eigenvalue weighted by Crippen LogP contribution is 2.32. The van der Waals surface area contributed by atoms with Gasteiger partial charge < -0.3 is 19.7 Å². The Morgan fingerprint density at radius 1 is 0.905 bits per heavy atom. The molecule has 3 aromatic rings. The topological polar surface area (TPSA) is 105 Å². The SMILES string of the molecule is CC[C@H](C)NC(=O)[C@@H](C)N(CCc1ccccc1)C(=O)CN(c1ccc(C)cc1)S(=O)(=O)c1ccc(OC)c(OC)c1. The molecule has 0 aliphatic carbocycles. The number of aryl methyl sites for hydroxylation is 1. The maximum absolute atomic E-state index is 14.1. The van der Waals surface area contributed by atoms with Crippen molar-refractivity contribution in [3.05, 3.63) is 83.9 Å². The van der Waals surface area contributed by atoms with Gasteiger partial charge >= 0.3 is 0 Å². The van der Waals surface area contributed by atoms with Crippen LogP contribution in [0.3, 0.4) is 0 Å². The zero-order chi connectivity index (χ0) is 30.9. The lowest BCUT2D eigenvalue weighted by Crippen LogP contribution is -2.53. The largest absolute Gasteiger partial charge is 0.493 e. The van der Waals surface area contributed by atoms with Crippen LogP contribution in [0.15, 0.2) is 77.7 Å². The quantitative estimate of drug-likeness (QED) is 0.293. The summed E-state index contributed by atoms with van der Waals surface area (Å²) in [5.74, 6) is -0.172. The van der Waals surface area contributed by atoms with Gasteiger partial charge in [0.2, 0.25) is 11.8 Å². The number of nitrogens with one attached hydrogen (secondary N) is 1. The minimum atomic E-state index is -4.24. The number of ether oxygens (including phenoxy) is 2. The van der Waals surface area contributed by atoms with E-state index in [2.05, 4.69) is 5.32 Å². The van der Waals surface area contributed by atoms with Crippen LogP contribution >= 0.6 is 0 Å². The lowest BCUT2D eigenvalue weighted by molar-refractivity contribution is -0.139. The summed E-state index contributed by atoms with van der Waals surface area (Å²) < 4.78 is 39.9. The second-order valence-corrected chi connectivity index (χ2v) is 12.0. The van der Waals surface area contributed by atoms with Crippen LogP contribution in [-0.2, 0) is 26.0 Å². The van der Waals surface area contributed by atoms with Gasteiger partial charge in [-0.25, -0.2) is 8.42 Å². The van der Waals surface area contributed by atoms with E-state index in [9.17, 15) is 18.0 Å². The summed E-state index contributed by atoms with van der Waals surface area (Å²) in [6, 6.07) is 19.9. The molecule has 0 bridgehead atoms. The van der Waals surface area contributed by atoms with E-state index in [1.807, 2.05) is 51.1 Å². The number of amides is 2. The van der Waals surface area contributed by atoms with Crippen molar-refractivity contribution in [2.45, 2.75) is 57.5 Å². The maximum Gasteiger partial charge on any atom is 0.264 e. The molecule has 2 amide bonds. The molecule has 9 nitrogen and oxygen atoms in total. The molecule has 0 aliphatic rings. The third kappa shape index (κ3) is 8.03. The Morgan fingerprint density at radius 2 is 1.55 bits per heavy atom. The van der Waals surface area contributed by atoms with Crippen LogP contribution < -0.4 is 19.1 Å². The fourth-order valence-electron chi connectivity index (χ4n) is 4.38. The van der Waals surface area contributed by atoms with Gasteiger partial charge in [0.05, 0.1) is 24.8 Å². The molecular formula is C32H41N3O6S. The molecule has 2 atom stereocenters. The third-order valence-corrected chi connectivity index (χ3v) is 8.97. The summed E-state index contributed by atoms with van der Waals surface area (Å²) in [6.45, 7) is 7.15. The van der Waals surface area contributed by atoms with Gasteiger partial charge in [0.15, 0.2) is 11.5 Å². The van der Waals surface area contributed by atoms with Gasteiger partial charge in [-0.3, -0.25) is 13.9 Å². The number of rotatable bonds is 14. The number of carbonyl (C=O) groups is 2. The molecule has 3 rings (SSSR count).